The predicted octanol–water partition coefficient (Wildman–Crippen LogP) is 3.52. The minimum atomic E-state index is -4.45. The first kappa shape index (κ1) is 18.4. The van der Waals surface area contributed by atoms with Crippen LogP contribution in [-0.2, 0) is 6.54 Å². The van der Waals surface area contributed by atoms with Crippen LogP contribution in [0.1, 0.15) is 15.9 Å². The van der Waals surface area contributed by atoms with Gasteiger partial charge < -0.3 is 10.1 Å². The lowest BCUT2D eigenvalue weighted by molar-refractivity contribution is -0.154. The van der Waals surface area contributed by atoms with E-state index in [4.69, 9.17) is 0 Å². The van der Waals surface area contributed by atoms with E-state index >= 15 is 0 Å². The summed E-state index contributed by atoms with van der Waals surface area (Å²) in [5.41, 5.74) is 1.74. The third-order valence-corrected chi connectivity index (χ3v) is 3.47. The molecular weight excluding hydrogens is 361 g/mol. The van der Waals surface area contributed by atoms with Crippen LogP contribution in [-0.4, -0.2) is 33.5 Å². The van der Waals surface area contributed by atoms with Crippen molar-refractivity contribution in [3.8, 4) is 5.88 Å². The highest BCUT2D eigenvalue weighted by Crippen LogP contribution is 2.18. The number of nitrogens with zero attached hydrogens (tertiary/aromatic N) is 3. The van der Waals surface area contributed by atoms with Crippen molar-refractivity contribution in [3.63, 3.8) is 0 Å². The molecule has 1 N–H and O–H groups in total. The van der Waals surface area contributed by atoms with Crippen molar-refractivity contribution < 1.29 is 22.7 Å². The Morgan fingerprint density at radius 2 is 2.04 bits per heavy atom. The lowest BCUT2D eigenvalue weighted by Crippen LogP contribution is -2.19. The third kappa shape index (κ3) is 5.56. The number of amides is 1. The molecule has 0 aliphatic carbocycles. The number of halogens is 3. The Kier molecular flexibility index (Phi) is 5.39. The maximum absolute atomic E-state index is 12.3. The van der Waals surface area contributed by atoms with Crippen LogP contribution >= 0.6 is 0 Å². The van der Waals surface area contributed by atoms with E-state index in [2.05, 4.69) is 20.1 Å². The summed E-state index contributed by atoms with van der Waals surface area (Å²) in [5, 5.41) is 6.85. The largest absolute Gasteiger partial charge is 0.468 e. The maximum Gasteiger partial charge on any atom is 0.422 e. The summed E-state index contributed by atoms with van der Waals surface area (Å²) in [6, 6.07) is 11.6. The van der Waals surface area contributed by atoms with Crippen molar-refractivity contribution in [2.24, 2.45) is 0 Å². The minimum Gasteiger partial charge on any atom is -0.468 e. The van der Waals surface area contributed by atoms with E-state index in [1.165, 1.54) is 12.1 Å². The number of pyridine rings is 1. The molecule has 0 saturated carbocycles. The summed E-state index contributed by atoms with van der Waals surface area (Å²) < 4.78 is 42.6. The van der Waals surface area contributed by atoms with Gasteiger partial charge in [-0.3, -0.25) is 9.48 Å². The topological polar surface area (TPSA) is 69.0 Å². The smallest absolute Gasteiger partial charge is 0.422 e. The number of anilines is 1. The second-order valence-corrected chi connectivity index (χ2v) is 5.65. The Morgan fingerprint density at radius 1 is 1.19 bits per heavy atom. The molecule has 2 aromatic heterocycles. The van der Waals surface area contributed by atoms with E-state index in [9.17, 15) is 18.0 Å². The Hall–Kier alpha value is -3.36. The van der Waals surface area contributed by atoms with Crippen LogP contribution in [0.5, 0.6) is 5.88 Å². The minimum absolute atomic E-state index is 0.201. The number of carbonyl (C=O) groups is 1. The average Bonchev–Trinajstić information content (AvgIpc) is 3.13. The molecule has 0 radical (unpaired) electrons. The van der Waals surface area contributed by atoms with Crippen LogP contribution in [0.2, 0.25) is 0 Å². The van der Waals surface area contributed by atoms with Crippen molar-refractivity contribution >= 4 is 11.6 Å². The SMILES string of the molecule is O=C(Nc1cccc(Cn2cccn2)c1)c1ccc(OCC(F)(F)F)nc1. The van der Waals surface area contributed by atoms with Gasteiger partial charge in [0.05, 0.1) is 12.1 Å². The van der Waals surface area contributed by atoms with Crippen LogP contribution < -0.4 is 10.1 Å². The lowest BCUT2D eigenvalue weighted by Gasteiger charge is -2.09. The van der Waals surface area contributed by atoms with E-state index in [-0.39, 0.29) is 11.4 Å². The molecule has 3 rings (SSSR count). The molecular formula is C18H15F3N4O2. The summed E-state index contributed by atoms with van der Waals surface area (Å²) in [4.78, 5) is 16.0. The van der Waals surface area contributed by atoms with E-state index in [0.29, 0.717) is 12.2 Å². The van der Waals surface area contributed by atoms with Gasteiger partial charge in [-0.15, -0.1) is 0 Å². The monoisotopic (exact) mass is 376 g/mol. The zero-order valence-corrected chi connectivity index (χ0v) is 14.0. The lowest BCUT2D eigenvalue weighted by atomic mass is 10.2. The van der Waals surface area contributed by atoms with E-state index in [0.717, 1.165) is 11.8 Å². The molecule has 1 aromatic carbocycles. The van der Waals surface area contributed by atoms with Crippen molar-refractivity contribution in [1.29, 1.82) is 0 Å². The number of carbonyl (C=O) groups excluding carboxylic acids is 1. The van der Waals surface area contributed by atoms with Gasteiger partial charge in [0.1, 0.15) is 0 Å². The summed E-state index contributed by atoms with van der Waals surface area (Å²) in [6.45, 7) is -0.877. The van der Waals surface area contributed by atoms with Gasteiger partial charge in [-0.1, -0.05) is 12.1 Å². The molecule has 1 amide bonds. The van der Waals surface area contributed by atoms with E-state index < -0.39 is 18.7 Å². The Bertz CT molecular complexity index is 894. The fourth-order valence-electron chi connectivity index (χ4n) is 2.29. The normalized spacial score (nSPS) is 11.2. The number of nitrogens with one attached hydrogen (secondary N) is 1. The zero-order chi connectivity index (χ0) is 19.3. The third-order valence-electron chi connectivity index (χ3n) is 3.47. The van der Waals surface area contributed by atoms with Crippen LogP contribution in [0.15, 0.2) is 61.1 Å². The van der Waals surface area contributed by atoms with Crippen LogP contribution in [0, 0.1) is 0 Å². The Morgan fingerprint density at radius 3 is 2.70 bits per heavy atom. The summed E-state index contributed by atoms with van der Waals surface area (Å²) in [6.07, 6.45) is 0.230. The van der Waals surface area contributed by atoms with Crippen molar-refractivity contribution in [2.45, 2.75) is 12.7 Å². The fourth-order valence-corrected chi connectivity index (χ4v) is 2.29. The van der Waals surface area contributed by atoms with Gasteiger partial charge in [-0.2, -0.15) is 18.3 Å². The summed E-state index contributed by atoms with van der Waals surface area (Å²) in [7, 11) is 0. The van der Waals surface area contributed by atoms with Crippen molar-refractivity contribution in [2.75, 3.05) is 11.9 Å². The number of hydrogen-bond donors (Lipinski definition) is 1. The summed E-state index contributed by atoms with van der Waals surface area (Å²) in [5.74, 6) is -0.633. The number of rotatable bonds is 6. The molecule has 0 atom stereocenters. The van der Waals surface area contributed by atoms with Gasteiger partial charge in [0, 0.05) is 30.3 Å². The number of benzene rings is 1. The Balaban J connectivity index is 1.61. The molecule has 0 unspecified atom stereocenters. The first-order valence-electron chi connectivity index (χ1n) is 7.92. The van der Waals surface area contributed by atoms with Gasteiger partial charge in [0.25, 0.3) is 5.91 Å². The average molecular weight is 376 g/mol. The maximum atomic E-state index is 12.3. The van der Waals surface area contributed by atoms with Gasteiger partial charge in [0.15, 0.2) is 6.61 Å². The molecule has 0 spiro atoms. The van der Waals surface area contributed by atoms with E-state index in [1.54, 1.807) is 23.0 Å². The van der Waals surface area contributed by atoms with Gasteiger partial charge >= 0.3 is 6.18 Å². The first-order valence-corrected chi connectivity index (χ1v) is 7.92. The molecule has 0 saturated heterocycles. The molecule has 0 bridgehead atoms. The quantitative estimate of drug-likeness (QED) is 0.715. The molecule has 0 fully saturated rings. The van der Waals surface area contributed by atoms with Gasteiger partial charge in [0.2, 0.25) is 5.88 Å². The highest BCUT2D eigenvalue weighted by Gasteiger charge is 2.28. The van der Waals surface area contributed by atoms with Crippen molar-refractivity contribution in [1.82, 2.24) is 14.8 Å². The molecule has 9 heteroatoms. The predicted molar refractivity (Wildman–Crippen MR) is 91.5 cm³/mol. The van der Waals surface area contributed by atoms with Crippen LogP contribution in [0.4, 0.5) is 18.9 Å². The number of ether oxygens (including phenoxy) is 1. The van der Waals surface area contributed by atoms with Crippen molar-refractivity contribution in [3.05, 3.63) is 72.2 Å². The number of alkyl halides is 3. The number of hydrogen-bond acceptors (Lipinski definition) is 4. The second-order valence-electron chi connectivity index (χ2n) is 5.65. The molecule has 27 heavy (non-hydrogen) atoms. The highest BCUT2D eigenvalue weighted by atomic mass is 19.4. The molecule has 0 aliphatic rings. The molecule has 3 aromatic rings. The number of aromatic nitrogens is 3. The molecule has 2 heterocycles. The van der Waals surface area contributed by atoms with Crippen LogP contribution in [0.3, 0.4) is 0 Å². The molecule has 6 nitrogen and oxygen atoms in total. The standard InChI is InChI=1S/C18H15F3N4O2/c19-18(20,21)12-27-16-6-5-14(10-22-16)17(26)24-15-4-1-3-13(9-15)11-25-8-2-7-23-25/h1-10H,11-12H2,(H,24,26). The Labute approximate surface area is 152 Å². The van der Waals surface area contributed by atoms with Gasteiger partial charge in [-0.25, -0.2) is 4.98 Å². The second kappa shape index (κ2) is 7.90. The van der Waals surface area contributed by atoms with Crippen LogP contribution in [0.25, 0.3) is 0 Å². The van der Waals surface area contributed by atoms with E-state index in [1.807, 2.05) is 24.4 Å². The molecule has 140 valence electrons. The summed E-state index contributed by atoms with van der Waals surface area (Å²) >= 11 is 0. The molecule has 0 aliphatic heterocycles. The highest BCUT2D eigenvalue weighted by molar-refractivity contribution is 6.04. The first-order chi connectivity index (χ1) is 12.9. The zero-order valence-electron chi connectivity index (χ0n) is 14.0. The van der Waals surface area contributed by atoms with Gasteiger partial charge in [-0.05, 0) is 29.8 Å². The fraction of sp³-hybridized carbons (Fsp3) is 0.167.